The number of rotatable bonds is 10. The van der Waals surface area contributed by atoms with Crippen LogP contribution in [-0.4, -0.2) is 52.0 Å². The Labute approximate surface area is 413 Å². The van der Waals surface area contributed by atoms with E-state index in [1.807, 2.05) is 6.92 Å². The molecule has 3 aromatic rings. The van der Waals surface area contributed by atoms with Gasteiger partial charge in [-0.1, -0.05) is 35.9 Å². The molecule has 356 valence electrons. The van der Waals surface area contributed by atoms with Crippen LogP contribution >= 0.6 is 31.9 Å². The van der Waals surface area contributed by atoms with Gasteiger partial charge in [0.15, 0.2) is 0 Å². The van der Waals surface area contributed by atoms with Crippen molar-refractivity contribution in [2.45, 2.75) is 33.9 Å². The van der Waals surface area contributed by atoms with Gasteiger partial charge in [0.2, 0.25) is 52.0 Å². The summed E-state index contributed by atoms with van der Waals surface area (Å²) in [6, 6.07) is 12.7. The van der Waals surface area contributed by atoms with E-state index in [9.17, 15) is 56.3 Å². The number of carbonyl (C=O) groups is 9. The summed E-state index contributed by atoms with van der Waals surface area (Å²) >= 11 is 6.74. The van der Waals surface area contributed by atoms with Gasteiger partial charge in [0.1, 0.15) is 0 Å². The Balaban J connectivity index is 1.24. The molecule has 0 unspecified atom stereocenters. The van der Waals surface area contributed by atoms with Gasteiger partial charge in [0, 0.05) is 57.5 Å². The van der Waals surface area contributed by atoms with Gasteiger partial charge in [-0.25, -0.2) is 0 Å². The number of nitrogens with two attached hydrogens (primary N) is 1. The topological polar surface area (TPSA) is 240 Å². The monoisotopic (exact) mass is 1080 g/mol. The van der Waals surface area contributed by atoms with E-state index in [0.717, 1.165) is 61.0 Å². The van der Waals surface area contributed by atoms with Crippen LogP contribution in [0.5, 0.6) is 0 Å². The number of allylic oxidation sites excluding steroid dienone is 12. The molecule has 15 nitrogen and oxygen atoms in total. The van der Waals surface area contributed by atoms with Gasteiger partial charge in [-0.2, -0.15) is 13.2 Å². The summed E-state index contributed by atoms with van der Waals surface area (Å²) in [4.78, 5) is 119. The fraction of sp³-hybridized carbons (Fsp3) is 0.100. The second-order valence-electron chi connectivity index (χ2n) is 15.1. The number of hydrogen-bond acceptors (Lipinski definition) is 15. The van der Waals surface area contributed by atoms with Crippen LogP contribution in [-0.2, 0) is 49.3 Å². The lowest BCUT2D eigenvalue weighted by Crippen LogP contribution is -2.32. The van der Waals surface area contributed by atoms with Crippen LogP contribution < -0.4 is 32.3 Å². The molecule has 70 heavy (non-hydrogen) atoms. The molecule has 0 bridgehead atoms. The Morgan fingerprint density at radius 2 is 0.743 bits per heavy atom. The highest BCUT2D eigenvalue weighted by Gasteiger charge is 2.41. The lowest BCUT2D eigenvalue weighted by molar-refractivity contribution is -0.137. The molecule has 20 heteroatoms. The minimum absolute atomic E-state index is 0.237. The van der Waals surface area contributed by atoms with E-state index in [0.29, 0.717) is 26.4 Å². The molecule has 0 atom stereocenters. The maximum atomic E-state index is 14.6. The van der Waals surface area contributed by atoms with E-state index < -0.39 is 91.8 Å². The molecule has 3 aliphatic carbocycles. The first kappa shape index (κ1) is 51.3. The highest BCUT2D eigenvalue weighted by Crippen LogP contribution is 2.38. The van der Waals surface area contributed by atoms with Gasteiger partial charge in [-0.05, 0) is 102 Å². The molecule has 0 heterocycles. The maximum Gasteiger partial charge on any atom is 0.418 e. The lowest BCUT2D eigenvalue weighted by atomic mass is 9.83. The van der Waals surface area contributed by atoms with Gasteiger partial charge in [0.05, 0.1) is 72.8 Å². The van der Waals surface area contributed by atoms with Gasteiger partial charge >= 0.3 is 6.18 Å². The van der Waals surface area contributed by atoms with E-state index in [1.165, 1.54) is 45.1 Å². The van der Waals surface area contributed by atoms with E-state index in [1.54, 1.807) is 24.3 Å². The Hall–Kier alpha value is -8.10. The standard InChI is InChI=1S/C50H37Br2F3N6O9/c1-5-26-41(62)29(17-56)47(68)32(42(26)63)21-60-39-15-37(52)40(16-36(39)51)61-22-34-46(67)28(7-3)45(66)33(49(34)70)20-59-38-13-12-25(14-35(38)50(53,54)55)58-19-31-44(65)27(6-2)43(64)30(48(31)69)18-57-24-10-8-23(4)9-11-24/h5-22,57-61H,56H2,1-4H3/b26-5-,27-6+,28-7+,29-17+,30-18-,31-19+,32-21-,33-20-,34-22+. The van der Waals surface area contributed by atoms with E-state index in [4.69, 9.17) is 5.73 Å². The molecule has 0 aromatic heterocycles. The molecule has 3 saturated carbocycles. The zero-order valence-corrected chi connectivity index (χ0v) is 40.2. The number of carbonyl (C=O) groups excluding carboxylic acids is 9. The van der Waals surface area contributed by atoms with Crippen molar-refractivity contribution < 1.29 is 56.3 Å². The summed E-state index contributed by atoms with van der Waals surface area (Å²) in [5, 5.41) is 13.4. The van der Waals surface area contributed by atoms with E-state index in [2.05, 4.69) is 58.4 Å². The number of ketones is 9. The lowest BCUT2D eigenvalue weighted by Gasteiger charge is -2.19. The Morgan fingerprint density at radius 3 is 1.11 bits per heavy atom. The molecule has 0 radical (unpaired) electrons. The van der Waals surface area contributed by atoms with Crippen LogP contribution in [0.2, 0.25) is 0 Å². The van der Waals surface area contributed by atoms with Crippen molar-refractivity contribution in [3.05, 3.63) is 180 Å². The first-order valence-corrected chi connectivity index (χ1v) is 22.2. The van der Waals surface area contributed by atoms with Crippen LogP contribution in [0.3, 0.4) is 0 Å². The van der Waals surface area contributed by atoms with Gasteiger partial charge < -0.3 is 32.3 Å². The molecule has 3 aliphatic rings. The number of benzene rings is 3. The predicted molar refractivity (Wildman–Crippen MR) is 262 cm³/mol. The number of aryl methyl sites for hydroxylation is 1. The van der Waals surface area contributed by atoms with Crippen LogP contribution in [0.15, 0.2) is 169 Å². The first-order chi connectivity index (χ1) is 33.2. The molecule has 0 amide bonds. The van der Waals surface area contributed by atoms with Crippen molar-refractivity contribution in [3.63, 3.8) is 0 Å². The molecular formula is C50H37Br2F3N6O9. The molecule has 3 aromatic carbocycles. The molecule has 6 rings (SSSR count). The van der Waals surface area contributed by atoms with Crippen molar-refractivity contribution in [3.8, 4) is 0 Å². The van der Waals surface area contributed by atoms with Crippen molar-refractivity contribution in [2.75, 3.05) is 26.6 Å². The summed E-state index contributed by atoms with van der Waals surface area (Å²) in [6.45, 7) is 6.11. The SMILES string of the molecule is C/C=C1\C(=O)/C(=C/Nc2cc(Br)c(N/C=C3/C(=O)/C(=C\Nc4ccc(N/C=C5/C(=O)/C(=C\Nc6ccc(C)cc6)C(=O)/C(=C\C)C5=O)cc4C(F)(F)F)C(=O)/C(=C\C)C3=O)cc2Br)C(=O)/C(=C/N)C1=O. The average Bonchev–Trinajstić information content (AvgIpc) is 3.31. The van der Waals surface area contributed by atoms with Crippen molar-refractivity contribution in [2.24, 2.45) is 5.73 Å². The van der Waals surface area contributed by atoms with Crippen LogP contribution in [0.4, 0.5) is 41.6 Å². The largest absolute Gasteiger partial charge is 0.418 e. The average molecular weight is 1080 g/mol. The number of anilines is 5. The number of hydrogen-bond donors (Lipinski definition) is 6. The van der Waals surface area contributed by atoms with Crippen molar-refractivity contribution in [1.29, 1.82) is 0 Å². The summed E-state index contributed by atoms with van der Waals surface area (Å²) in [5.41, 5.74) is 1.50. The highest BCUT2D eigenvalue weighted by atomic mass is 79.9. The van der Waals surface area contributed by atoms with Crippen molar-refractivity contribution >= 4 is 112 Å². The highest BCUT2D eigenvalue weighted by molar-refractivity contribution is 9.11. The smallest absolute Gasteiger partial charge is 0.404 e. The number of nitrogens with one attached hydrogen (secondary N) is 5. The fourth-order valence-corrected chi connectivity index (χ4v) is 7.92. The minimum Gasteiger partial charge on any atom is -0.404 e. The summed E-state index contributed by atoms with van der Waals surface area (Å²) in [7, 11) is 0. The summed E-state index contributed by atoms with van der Waals surface area (Å²) in [6.07, 6.45) is 4.33. The molecule has 3 fully saturated rings. The molecular weight excluding hydrogens is 1050 g/mol. The summed E-state index contributed by atoms with van der Waals surface area (Å²) in [5.74, 6) is -8.41. The first-order valence-electron chi connectivity index (χ1n) is 20.6. The molecule has 0 aliphatic heterocycles. The number of Topliss-reactive ketones (excluding diaryl/α,β-unsaturated/α-hetero) is 9. The van der Waals surface area contributed by atoms with Crippen LogP contribution in [0, 0.1) is 6.92 Å². The maximum absolute atomic E-state index is 14.6. The minimum atomic E-state index is -5.04. The second kappa shape index (κ2) is 21.0. The Bertz CT molecular complexity index is 3150. The van der Waals surface area contributed by atoms with E-state index in [-0.39, 0.29) is 39.2 Å². The fourth-order valence-electron chi connectivity index (χ4n) is 7.00. The molecule has 0 saturated heterocycles. The predicted octanol–water partition coefficient (Wildman–Crippen LogP) is 8.26. The summed E-state index contributed by atoms with van der Waals surface area (Å²) < 4.78 is 44.4. The molecule has 7 N–H and O–H groups in total. The Morgan fingerprint density at radius 1 is 0.429 bits per heavy atom. The third-order valence-corrected chi connectivity index (χ3v) is 12.1. The quantitative estimate of drug-likeness (QED) is 0.0828. The molecule has 0 spiro atoms. The second-order valence-corrected chi connectivity index (χ2v) is 16.8. The normalized spacial score (nSPS) is 21.2. The van der Waals surface area contributed by atoms with Crippen LogP contribution in [0.1, 0.15) is 31.9 Å². The number of halogens is 5. The zero-order valence-electron chi connectivity index (χ0n) is 37.0. The van der Waals surface area contributed by atoms with Crippen molar-refractivity contribution in [1.82, 2.24) is 0 Å². The van der Waals surface area contributed by atoms with Gasteiger partial charge in [-0.3, -0.25) is 43.2 Å². The third kappa shape index (κ3) is 10.3. The van der Waals surface area contributed by atoms with E-state index >= 15 is 0 Å². The third-order valence-electron chi connectivity index (χ3n) is 10.8. The van der Waals surface area contributed by atoms with Gasteiger partial charge in [0.25, 0.3) is 0 Å². The zero-order chi connectivity index (χ0) is 51.4. The number of alkyl halides is 3. The van der Waals surface area contributed by atoms with Gasteiger partial charge in [-0.15, -0.1) is 0 Å². The Kier molecular flexibility index (Phi) is 15.4. The van der Waals surface area contributed by atoms with Crippen LogP contribution in [0.25, 0.3) is 0 Å².